The van der Waals surface area contributed by atoms with Gasteiger partial charge in [0.05, 0.1) is 13.2 Å². The molecule has 148 valence electrons. The number of carbonyl (C=O) groups excluding carboxylic acids is 2. The van der Waals surface area contributed by atoms with Gasteiger partial charge in [-0.1, -0.05) is 30.3 Å². The van der Waals surface area contributed by atoms with Gasteiger partial charge in [0.2, 0.25) is 0 Å². The van der Waals surface area contributed by atoms with Crippen LogP contribution in [0.1, 0.15) is 48.1 Å². The average molecular weight is 380 g/mol. The fourth-order valence-corrected chi connectivity index (χ4v) is 3.56. The molecular formula is C23H28N2O3. The van der Waals surface area contributed by atoms with Crippen LogP contribution < -0.4 is 15.4 Å². The van der Waals surface area contributed by atoms with Crippen molar-refractivity contribution in [3.05, 3.63) is 64.7 Å². The van der Waals surface area contributed by atoms with Crippen molar-refractivity contribution in [1.29, 1.82) is 0 Å². The Bertz CT molecular complexity index is 830. The van der Waals surface area contributed by atoms with Crippen molar-refractivity contribution in [1.82, 2.24) is 10.6 Å². The molecule has 0 heterocycles. The van der Waals surface area contributed by atoms with Crippen LogP contribution in [0.5, 0.6) is 5.75 Å². The molecule has 2 aromatic carbocycles. The van der Waals surface area contributed by atoms with Crippen LogP contribution in [0.2, 0.25) is 0 Å². The Labute approximate surface area is 166 Å². The number of amides is 2. The van der Waals surface area contributed by atoms with Gasteiger partial charge < -0.3 is 15.4 Å². The molecule has 3 rings (SSSR count). The molecule has 1 aliphatic rings. The summed E-state index contributed by atoms with van der Waals surface area (Å²) in [4.78, 5) is 24.3. The van der Waals surface area contributed by atoms with Crippen LogP contribution in [0.4, 0.5) is 0 Å². The number of methoxy groups -OCH3 is 1. The van der Waals surface area contributed by atoms with Gasteiger partial charge in [0.15, 0.2) is 0 Å². The van der Waals surface area contributed by atoms with Crippen LogP contribution in [-0.2, 0) is 28.9 Å². The molecule has 0 saturated carbocycles. The number of fused-ring (bicyclic) bond motifs is 1. The van der Waals surface area contributed by atoms with Crippen molar-refractivity contribution < 1.29 is 14.3 Å². The molecule has 0 bridgehead atoms. The molecule has 1 atom stereocenters. The molecule has 2 amide bonds. The zero-order valence-corrected chi connectivity index (χ0v) is 16.6. The Morgan fingerprint density at radius 2 is 1.71 bits per heavy atom. The summed E-state index contributed by atoms with van der Waals surface area (Å²) in [5, 5.41) is 5.48. The summed E-state index contributed by atoms with van der Waals surface area (Å²) in [6.07, 6.45) is 5.34. The summed E-state index contributed by atoms with van der Waals surface area (Å²) in [6.45, 7) is 2.32. The molecule has 0 radical (unpaired) electrons. The number of hydrogen-bond acceptors (Lipinski definition) is 3. The van der Waals surface area contributed by atoms with Crippen LogP contribution in [-0.4, -0.2) is 25.5 Å². The number of ether oxygens (including phenoxy) is 1. The zero-order chi connectivity index (χ0) is 19.9. The lowest BCUT2D eigenvalue weighted by Crippen LogP contribution is -2.41. The summed E-state index contributed by atoms with van der Waals surface area (Å²) in [5.41, 5.74) is 4.89. The SMILES string of the molecule is COc1ccc(CCNC(=O)C(=O)NC(C)c2ccc3c(c2)CCCC3)cc1. The number of nitrogens with one attached hydrogen (secondary N) is 2. The van der Waals surface area contributed by atoms with Gasteiger partial charge in [-0.15, -0.1) is 0 Å². The lowest BCUT2D eigenvalue weighted by molar-refractivity contribution is -0.139. The fraction of sp³-hybridized carbons (Fsp3) is 0.391. The zero-order valence-electron chi connectivity index (χ0n) is 16.6. The number of carbonyl (C=O) groups is 2. The van der Waals surface area contributed by atoms with Gasteiger partial charge in [-0.3, -0.25) is 9.59 Å². The standard InChI is InChI=1S/C23H28N2O3/c1-16(19-10-9-18-5-3-4-6-20(18)15-19)25-23(27)22(26)24-14-13-17-7-11-21(28-2)12-8-17/h7-12,15-16H,3-6,13-14H2,1-2H3,(H,24,26)(H,25,27). The average Bonchev–Trinajstić information content (AvgIpc) is 2.73. The van der Waals surface area contributed by atoms with Crippen LogP contribution in [0.15, 0.2) is 42.5 Å². The van der Waals surface area contributed by atoms with Crippen molar-refractivity contribution in [3.8, 4) is 5.75 Å². The highest BCUT2D eigenvalue weighted by atomic mass is 16.5. The predicted octanol–water partition coefficient (Wildman–Crippen LogP) is 3.11. The molecular weight excluding hydrogens is 352 g/mol. The summed E-state index contributed by atoms with van der Waals surface area (Å²) in [5.74, 6) is -0.401. The largest absolute Gasteiger partial charge is 0.497 e. The molecule has 0 saturated heterocycles. The van der Waals surface area contributed by atoms with Crippen molar-refractivity contribution >= 4 is 11.8 Å². The van der Waals surface area contributed by atoms with E-state index in [-0.39, 0.29) is 6.04 Å². The second-order valence-electron chi connectivity index (χ2n) is 7.28. The second kappa shape index (κ2) is 9.40. The smallest absolute Gasteiger partial charge is 0.309 e. The summed E-state index contributed by atoms with van der Waals surface area (Å²) in [6, 6.07) is 13.8. The molecule has 0 fully saturated rings. The van der Waals surface area contributed by atoms with Gasteiger partial charge in [0, 0.05) is 6.54 Å². The van der Waals surface area contributed by atoms with Crippen LogP contribution in [0, 0.1) is 0 Å². The Hall–Kier alpha value is -2.82. The van der Waals surface area contributed by atoms with E-state index in [0.29, 0.717) is 13.0 Å². The van der Waals surface area contributed by atoms with Crippen LogP contribution >= 0.6 is 0 Å². The van der Waals surface area contributed by atoms with E-state index < -0.39 is 11.8 Å². The summed E-state index contributed by atoms with van der Waals surface area (Å²) < 4.78 is 5.12. The molecule has 28 heavy (non-hydrogen) atoms. The van der Waals surface area contributed by atoms with Gasteiger partial charge in [-0.25, -0.2) is 0 Å². The first-order chi connectivity index (χ1) is 13.6. The first-order valence-corrected chi connectivity index (χ1v) is 9.90. The Morgan fingerprint density at radius 3 is 2.43 bits per heavy atom. The minimum absolute atomic E-state index is 0.202. The third kappa shape index (κ3) is 5.12. The topological polar surface area (TPSA) is 67.4 Å². The molecule has 1 unspecified atom stereocenters. The maximum atomic E-state index is 12.2. The van der Waals surface area contributed by atoms with E-state index in [1.807, 2.05) is 31.2 Å². The van der Waals surface area contributed by atoms with E-state index in [0.717, 1.165) is 29.7 Å². The fourth-order valence-electron chi connectivity index (χ4n) is 3.56. The highest BCUT2D eigenvalue weighted by Gasteiger charge is 2.18. The van der Waals surface area contributed by atoms with Gasteiger partial charge in [-0.05, 0) is 73.4 Å². The van der Waals surface area contributed by atoms with Gasteiger partial charge in [0.25, 0.3) is 0 Å². The monoisotopic (exact) mass is 380 g/mol. The number of aryl methyl sites for hydroxylation is 2. The quantitative estimate of drug-likeness (QED) is 0.757. The van der Waals surface area contributed by atoms with Crippen LogP contribution in [0.25, 0.3) is 0 Å². The Morgan fingerprint density at radius 1 is 1.00 bits per heavy atom. The van der Waals surface area contributed by atoms with Crippen molar-refractivity contribution in [3.63, 3.8) is 0 Å². The Balaban J connectivity index is 1.47. The number of rotatable bonds is 6. The van der Waals surface area contributed by atoms with E-state index in [1.165, 1.54) is 24.0 Å². The molecule has 0 spiro atoms. The Kier molecular flexibility index (Phi) is 6.69. The van der Waals surface area contributed by atoms with Gasteiger partial charge in [0.1, 0.15) is 5.75 Å². The molecule has 0 aromatic heterocycles. The lowest BCUT2D eigenvalue weighted by Gasteiger charge is -2.20. The summed E-state index contributed by atoms with van der Waals surface area (Å²) >= 11 is 0. The van der Waals surface area contributed by atoms with Gasteiger partial charge >= 0.3 is 11.8 Å². The molecule has 0 aliphatic heterocycles. The number of benzene rings is 2. The van der Waals surface area contributed by atoms with E-state index in [1.54, 1.807) is 7.11 Å². The predicted molar refractivity (Wildman–Crippen MR) is 109 cm³/mol. The summed E-state index contributed by atoms with van der Waals surface area (Å²) in [7, 11) is 1.62. The maximum Gasteiger partial charge on any atom is 0.309 e. The highest BCUT2D eigenvalue weighted by Crippen LogP contribution is 2.24. The van der Waals surface area contributed by atoms with Crippen molar-refractivity contribution in [2.45, 2.75) is 45.1 Å². The third-order valence-corrected chi connectivity index (χ3v) is 5.28. The molecule has 2 N–H and O–H groups in total. The third-order valence-electron chi connectivity index (χ3n) is 5.28. The van der Waals surface area contributed by atoms with Crippen LogP contribution in [0.3, 0.4) is 0 Å². The molecule has 2 aromatic rings. The van der Waals surface area contributed by atoms with E-state index in [2.05, 4.69) is 28.8 Å². The van der Waals surface area contributed by atoms with Crippen molar-refractivity contribution in [2.75, 3.05) is 13.7 Å². The van der Waals surface area contributed by atoms with Gasteiger partial charge in [-0.2, -0.15) is 0 Å². The lowest BCUT2D eigenvalue weighted by atomic mass is 9.89. The first kappa shape index (κ1) is 19.9. The minimum Gasteiger partial charge on any atom is -0.497 e. The number of hydrogen-bond donors (Lipinski definition) is 2. The van der Waals surface area contributed by atoms with E-state index >= 15 is 0 Å². The second-order valence-corrected chi connectivity index (χ2v) is 7.28. The molecule has 5 heteroatoms. The highest BCUT2D eigenvalue weighted by molar-refractivity contribution is 6.35. The minimum atomic E-state index is -0.599. The van der Waals surface area contributed by atoms with E-state index in [9.17, 15) is 9.59 Å². The first-order valence-electron chi connectivity index (χ1n) is 9.90. The molecule has 5 nitrogen and oxygen atoms in total. The normalized spacial score (nSPS) is 13.9. The van der Waals surface area contributed by atoms with E-state index in [4.69, 9.17) is 4.74 Å². The molecule has 1 aliphatic carbocycles. The maximum absolute atomic E-state index is 12.2. The van der Waals surface area contributed by atoms with Crippen molar-refractivity contribution in [2.24, 2.45) is 0 Å².